The van der Waals surface area contributed by atoms with Gasteiger partial charge in [-0.3, -0.25) is 10.1 Å². The van der Waals surface area contributed by atoms with Crippen molar-refractivity contribution in [1.29, 1.82) is 0 Å². The average molecular weight is 300 g/mol. The Bertz CT molecular complexity index is 707. The second kappa shape index (κ2) is 5.19. The number of aromatic amines is 1. The minimum atomic E-state index is -0.447. The van der Waals surface area contributed by atoms with Crippen LogP contribution in [0, 0.1) is 0 Å². The van der Waals surface area contributed by atoms with Gasteiger partial charge in [0.05, 0.1) is 34.8 Å². The summed E-state index contributed by atoms with van der Waals surface area (Å²) in [4.78, 5) is 4.40. The van der Waals surface area contributed by atoms with Gasteiger partial charge < -0.3 is 15.0 Å². The lowest BCUT2D eigenvalue weighted by molar-refractivity contribution is 0.00578. The lowest BCUT2D eigenvalue weighted by Crippen LogP contribution is -2.41. The fraction of sp³-hybridized carbons (Fsp3) is 0.467. The van der Waals surface area contributed by atoms with Gasteiger partial charge in [0.15, 0.2) is 0 Å². The molecule has 0 radical (unpaired) electrons. The van der Waals surface area contributed by atoms with E-state index in [4.69, 9.17) is 15.0 Å². The molecular formula is C15H21BN4O2. The van der Waals surface area contributed by atoms with Gasteiger partial charge in [0.2, 0.25) is 0 Å². The molecule has 3 rings (SSSR count). The number of nitrogens with one attached hydrogen (secondary N) is 1. The molecule has 0 saturated carbocycles. The number of fused-ring (bicyclic) bond motifs is 1. The standard InChI is InChI=1S/C15H21BN4O2/c1-14(2)15(3,4)22-16(21-14)11(7-17)6-12-5-10-8-19-20-13(10)9-18-12/h5-6,8-9H,7,17H2,1-4H3,(H,19,20). The van der Waals surface area contributed by atoms with Crippen LogP contribution < -0.4 is 5.73 Å². The molecule has 3 heterocycles. The molecule has 1 aliphatic rings. The molecule has 1 fully saturated rings. The topological polar surface area (TPSA) is 86.0 Å². The number of nitrogens with two attached hydrogens (primary N) is 1. The number of rotatable bonds is 3. The molecule has 0 spiro atoms. The largest absolute Gasteiger partial charge is 0.491 e. The van der Waals surface area contributed by atoms with Crippen molar-refractivity contribution in [2.45, 2.75) is 38.9 Å². The Morgan fingerprint density at radius 1 is 1.27 bits per heavy atom. The first-order valence-electron chi connectivity index (χ1n) is 7.38. The zero-order valence-corrected chi connectivity index (χ0v) is 13.4. The van der Waals surface area contributed by atoms with Crippen LogP contribution in [0.4, 0.5) is 0 Å². The van der Waals surface area contributed by atoms with E-state index in [0.717, 1.165) is 22.1 Å². The summed E-state index contributed by atoms with van der Waals surface area (Å²) in [6.07, 6.45) is 5.45. The van der Waals surface area contributed by atoms with E-state index in [1.807, 2.05) is 39.8 Å². The van der Waals surface area contributed by atoms with Crippen molar-refractivity contribution in [2.75, 3.05) is 6.54 Å². The molecule has 0 aliphatic carbocycles. The molecule has 22 heavy (non-hydrogen) atoms. The molecule has 6 nitrogen and oxygen atoms in total. The maximum absolute atomic E-state index is 6.04. The molecule has 1 aliphatic heterocycles. The third kappa shape index (κ3) is 2.56. The summed E-state index contributed by atoms with van der Waals surface area (Å²) in [5.74, 6) is 0. The first-order chi connectivity index (χ1) is 10.3. The van der Waals surface area contributed by atoms with E-state index >= 15 is 0 Å². The normalized spacial score (nSPS) is 20.8. The van der Waals surface area contributed by atoms with Gasteiger partial charge in [-0.05, 0) is 45.3 Å². The summed E-state index contributed by atoms with van der Waals surface area (Å²) in [5.41, 5.74) is 7.72. The average Bonchev–Trinajstić information content (AvgIpc) is 2.98. The number of H-pyrrole nitrogens is 1. The Hall–Kier alpha value is -1.70. The molecular weight excluding hydrogens is 279 g/mol. The maximum Gasteiger partial charge on any atom is 0.491 e. The molecule has 1 saturated heterocycles. The van der Waals surface area contributed by atoms with Gasteiger partial charge >= 0.3 is 7.12 Å². The van der Waals surface area contributed by atoms with Crippen molar-refractivity contribution in [3.05, 3.63) is 29.6 Å². The number of hydrogen-bond acceptors (Lipinski definition) is 5. The smallest absolute Gasteiger partial charge is 0.400 e. The van der Waals surface area contributed by atoms with Crippen molar-refractivity contribution in [3.8, 4) is 0 Å². The van der Waals surface area contributed by atoms with E-state index < -0.39 is 7.12 Å². The van der Waals surface area contributed by atoms with Crippen LogP contribution in [0.15, 0.2) is 23.9 Å². The van der Waals surface area contributed by atoms with E-state index in [1.165, 1.54) is 0 Å². The van der Waals surface area contributed by atoms with E-state index in [0.29, 0.717) is 6.54 Å². The van der Waals surface area contributed by atoms with Gasteiger partial charge in [0.25, 0.3) is 0 Å². The Balaban J connectivity index is 1.90. The molecule has 116 valence electrons. The molecule has 2 aromatic heterocycles. The summed E-state index contributed by atoms with van der Waals surface area (Å²) >= 11 is 0. The Morgan fingerprint density at radius 2 is 1.95 bits per heavy atom. The number of nitrogens with zero attached hydrogens (tertiary/aromatic N) is 2. The van der Waals surface area contributed by atoms with Crippen LogP contribution in [0.3, 0.4) is 0 Å². The number of aromatic nitrogens is 3. The SMILES string of the molecule is CC1(C)OB(C(=Cc2cc3cn[nH]c3cn2)CN)OC1(C)C. The Labute approximate surface area is 130 Å². The van der Waals surface area contributed by atoms with Crippen molar-refractivity contribution >= 4 is 24.1 Å². The van der Waals surface area contributed by atoms with Crippen molar-refractivity contribution in [2.24, 2.45) is 5.73 Å². The molecule has 0 bridgehead atoms. The summed E-state index contributed by atoms with van der Waals surface area (Å²) in [6.45, 7) is 8.45. The molecule has 2 aromatic rings. The van der Waals surface area contributed by atoms with Gasteiger partial charge in [0, 0.05) is 11.9 Å². The zero-order chi connectivity index (χ0) is 16.0. The molecule has 0 amide bonds. The van der Waals surface area contributed by atoms with Crippen LogP contribution in [0.2, 0.25) is 0 Å². The molecule has 0 atom stereocenters. The predicted molar refractivity (Wildman–Crippen MR) is 87.0 cm³/mol. The molecule has 0 unspecified atom stereocenters. The van der Waals surface area contributed by atoms with Gasteiger partial charge in [-0.1, -0.05) is 0 Å². The van der Waals surface area contributed by atoms with Gasteiger partial charge in [-0.25, -0.2) is 0 Å². The third-order valence-corrected chi connectivity index (χ3v) is 4.47. The summed E-state index contributed by atoms with van der Waals surface area (Å²) in [5, 5.41) is 7.89. The lowest BCUT2D eigenvalue weighted by atomic mass is 9.77. The summed E-state index contributed by atoms with van der Waals surface area (Å²) in [6, 6.07) is 1.96. The number of pyridine rings is 1. The van der Waals surface area contributed by atoms with Crippen LogP contribution >= 0.6 is 0 Å². The monoisotopic (exact) mass is 300 g/mol. The minimum Gasteiger partial charge on any atom is -0.400 e. The Morgan fingerprint density at radius 3 is 2.59 bits per heavy atom. The van der Waals surface area contributed by atoms with Crippen LogP contribution in [0.5, 0.6) is 0 Å². The van der Waals surface area contributed by atoms with Gasteiger partial charge in [-0.15, -0.1) is 0 Å². The molecule has 7 heteroatoms. The third-order valence-electron chi connectivity index (χ3n) is 4.47. The summed E-state index contributed by atoms with van der Waals surface area (Å²) in [7, 11) is -0.447. The summed E-state index contributed by atoms with van der Waals surface area (Å²) < 4.78 is 12.1. The second-order valence-corrected chi connectivity index (χ2v) is 6.58. The predicted octanol–water partition coefficient (Wildman–Crippen LogP) is 1.93. The second-order valence-electron chi connectivity index (χ2n) is 6.58. The van der Waals surface area contributed by atoms with Gasteiger partial charge in [-0.2, -0.15) is 5.10 Å². The quantitative estimate of drug-likeness (QED) is 0.846. The highest BCUT2D eigenvalue weighted by atomic mass is 16.7. The van der Waals surface area contributed by atoms with E-state index in [1.54, 1.807) is 12.4 Å². The van der Waals surface area contributed by atoms with Crippen molar-refractivity contribution in [3.63, 3.8) is 0 Å². The first-order valence-corrected chi connectivity index (χ1v) is 7.38. The fourth-order valence-corrected chi connectivity index (χ4v) is 2.35. The minimum absolute atomic E-state index is 0.349. The van der Waals surface area contributed by atoms with Crippen molar-refractivity contribution in [1.82, 2.24) is 15.2 Å². The fourth-order valence-electron chi connectivity index (χ4n) is 2.35. The van der Waals surface area contributed by atoms with Crippen molar-refractivity contribution < 1.29 is 9.31 Å². The Kier molecular flexibility index (Phi) is 3.59. The molecule has 0 aromatic carbocycles. The van der Waals surface area contributed by atoms with E-state index in [9.17, 15) is 0 Å². The highest BCUT2D eigenvalue weighted by Crippen LogP contribution is 2.38. The van der Waals surface area contributed by atoms with Gasteiger partial charge in [0.1, 0.15) is 0 Å². The highest BCUT2D eigenvalue weighted by molar-refractivity contribution is 6.55. The van der Waals surface area contributed by atoms with Crippen LogP contribution in [-0.2, 0) is 9.31 Å². The van der Waals surface area contributed by atoms with Crippen LogP contribution in [0.1, 0.15) is 33.4 Å². The van der Waals surface area contributed by atoms with E-state index in [-0.39, 0.29) is 11.2 Å². The maximum atomic E-state index is 6.04. The zero-order valence-electron chi connectivity index (χ0n) is 13.4. The van der Waals surface area contributed by atoms with Crippen LogP contribution in [-0.4, -0.2) is 40.0 Å². The molecule has 3 N–H and O–H groups in total. The lowest BCUT2D eigenvalue weighted by Gasteiger charge is -2.32. The van der Waals surface area contributed by atoms with Crippen LogP contribution in [0.25, 0.3) is 17.0 Å². The first kappa shape index (κ1) is 15.2. The van der Waals surface area contributed by atoms with E-state index in [2.05, 4.69) is 15.2 Å². The number of hydrogen-bond donors (Lipinski definition) is 2. The highest BCUT2D eigenvalue weighted by Gasteiger charge is 2.52.